The van der Waals surface area contributed by atoms with E-state index in [0.717, 1.165) is 44.9 Å². The smallest absolute Gasteiger partial charge is 0.411 e. The van der Waals surface area contributed by atoms with Crippen molar-refractivity contribution in [2.45, 2.75) is 63.8 Å². The zero-order valence-corrected chi connectivity index (χ0v) is 21.2. The Balaban J connectivity index is 1.20. The highest BCUT2D eigenvalue weighted by Crippen LogP contribution is 2.27. The van der Waals surface area contributed by atoms with E-state index in [2.05, 4.69) is 45.0 Å². The number of piperidine rings is 1. The van der Waals surface area contributed by atoms with Crippen molar-refractivity contribution in [2.24, 2.45) is 5.92 Å². The number of piperazine rings is 1. The number of hydrogen-bond acceptors (Lipinski definition) is 6. The molecule has 35 heavy (non-hydrogen) atoms. The van der Waals surface area contributed by atoms with Crippen molar-refractivity contribution in [1.29, 1.82) is 0 Å². The van der Waals surface area contributed by atoms with E-state index >= 15 is 0 Å². The summed E-state index contributed by atoms with van der Waals surface area (Å²) in [7, 11) is 1.78. The summed E-state index contributed by atoms with van der Waals surface area (Å²) in [5.41, 5.74) is 1.40. The summed E-state index contributed by atoms with van der Waals surface area (Å²) in [5.74, 6) is 0.0751. The third kappa shape index (κ3) is 7.66. The number of carbonyl (C=O) groups excluding carboxylic acids is 1. The van der Waals surface area contributed by atoms with Crippen LogP contribution >= 0.6 is 0 Å². The largest absolute Gasteiger partial charge is 0.481 e. The maximum absolute atomic E-state index is 11.9. The monoisotopic (exact) mass is 486 g/mol. The van der Waals surface area contributed by atoms with Crippen molar-refractivity contribution in [1.82, 2.24) is 19.6 Å². The molecule has 0 aliphatic carbocycles. The second-order valence-electron chi connectivity index (χ2n) is 10.5. The highest BCUT2D eigenvalue weighted by Gasteiger charge is 2.38. The van der Waals surface area contributed by atoms with Gasteiger partial charge < -0.3 is 14.7 Å². The molecule has 0 bridgehead atoms. The number of cyclic esters (lactones) is 1. The molecule has 3 aliphatic heterocycles. The van der Waals surface area contributed by atoms with Gasteiger partial charge in [0.15, 0.2) is 6.23 Å². The summed E-state index contributed by atoms with van der Waals surface area (Å²) in [5, 5.41) is 9.08. The number of carbonyl (C=O) groups is 2. The first kappa shape index (κ1) is 25.9. The van der Waals surface area contributed by atoms with E-state index < -0.39 is 5.97 Å². The van der Waals surface area contributed by atoms with E-state index in [-0.39, 0.29) is 18.7 Å². The molecule has 0 spiro atoms. The lowest BCUT2D eigenvalue weighted by Gasteiger charge is -2.43. The first-order valence-corrected chi connectivity index (χ1v) is 13.4. The maximum atomic E-state index is 11.9. The van der Waals surface area contributed by atoms with Crippen LogP contribution in [0.15, 0.2) is 30.3 Å². The first-order chi connectivity index (χ1) is 17.0. The summed E-state index contributed by atoms with van der Waals surface area (Å²) in [4.78, 5) is 31.8. The molecule has 8 heteroatoms. The molecule has 0 saturated carbocycles. The fourth-order valence-corrected chi connectivity index (χ4v) is 5.84. The second-order valence-corrected chi connectivity index (χ2v) is 10.5. The summed E-state index contributed by atoms with van der Waals surface area (Å²) in [6, 6.07) is 11.1. The Hall–Kier alpha value is -2.16. The molecule has 1 N–H and O–H groups in total. The fourth-order valence-electron chi connectivity index (χ4n) is 5.84. The Bertz CT molecular complexity index is 815. The van der Waals surface area contributed by atoms with Gasteiger partial charge in [-0.05, 0) is 43.8 Å². The molecule has 2 atom stereocenters. The second kappa shape index (κ2) is 12.7. The minimum atomic E-state index is -0.745. The van der Waals surface area contributed by atoms with Crippen molar-refractivity contribution in [3.63, 3.8) is 0 Å². The summed E-state index contributed by atoms with van der Waals surface area (Å²) >= 11 is 0. The molecule has 2 unspecified atom stereocenters. The van der Waals surface area contributed by atoms with Gasteiger partial charge in [0.1, 0.15) is 0 Å². The Morgan fingerprint density at radius 2 is 1.74 bits per heavy atom. The van der Waals surface area contributed by atoms with Gasteiger partial charge in [-0.1, -0.05) is 49.6 Å². The third-order valence-electron chi connectivity index (χ3n) is 7.96. The molecule has 8 nitrogen and oxygen atoms in total. The molecule has 4 rings (SSSR count). The van der Waals surface area contributed by atoms with Crippen LogP contribution in [0, 0.1) is 5.92 Å². The number of unbranched alkanes of at least 4 members (excludes halogenated alkanes) is 1. The van der Waals surface area contributed by atoms with Gasteiger partial charge >= 0.3 is 12.1 Å². The molecule has 1 amide bonds. The fraction of sp³-hybridized carbons (Fsp3) is 0.704. The SMILES string of the molecule is CN1CC(N2CCN(CCC(=O)O)CC2CCCCC2CCN(Cc3ccccc3)CC2)OC1=O. The quantitative estimate of drug-likeness (QED) is 0.481. The van der Waals surface area contributed by atoms with Gasteiger partial charge in [0.2, 0.25) is 0 Å². The maximum Gasteiger partial charge on any atom is 0.411 e. The molecule has 3 saturated heterocycles. The lowest BCUT2D eigenvalue weighted by molar-refractivity contribution is -0.137. The van der Waals surface area contributed by atoms with Crippen LogP contribution in [0.1, 0.15) is 50.5 Å². The van der Waals surface area contributed by atoms with Crippen LogP contribution in [-0.2, 0) is 16.1 Å². The summed E-state index contributed by atoms with van der Waals surface area (Å²) < 4.78 is 5.63. The summed E-state index contributed by atoms with van der Waals surface area (Å²) in [6.45, 7) is 7.12. The van der Waals surface area contributed by atoms with Gasteiger partial charge in [-0.3, -0.25) is 19.5 Å². The van der Waals surface area contributed by atoms with Crippen LogP contribution in [-0.4, -0.2) is 102 Å². The number of rotatable bonds is 11. The van der Waals surface area contributed by atoms with Gasteiger partial charge in [-0.2, -0.15) is 0 Å². The number of aliphatic carboxylic acids is 1. The van der Waals surface area contributed by atoms with Crippen LogP contribution in [0.3, 0.4) is 0 Å². The van der Waals surface area contributed by atoms with Gasteiger partial charge in [0.05, 0.1) is 13.0 Å². The Morgan fingerprint density at radius 1 is 1.00 bits per heavy atom. The molecule has 0 aromatic heterocycles. The number of benzene rings is 1. The van der Waals surface area contributed by atoms with E-state index in [1.165, 1.54) is 44.3 Å². The van der Waals surface area contributed by atoms with Crippen molar-refractivity contribution >= 4 is 12.1 Å². The van der Waals surface area contributed by atoms with Crippen molar-refractivity contribution < 1.29 is 19.4 Å². The molecule has 1 aromatic rings. The van der Waals surface area contributed by atoms with E-state index in [9.17, 15) is 9.59 Å². The first-order valence-electron chi connectivity index (χ1n) is 13.4. The average Bonchev–Trinajstić information content (AvgIpc) is 3.20. The van der Waals surface area contributed by atoms with Crippen LogP contribution < -0.4 is 0 Å². The highest BCUT2D eigenvalue weighted by atomic mass is 16.6. The predicted molar refractivity (Wildman–Crippen MR) is 135 cm³/mol. The average molecular weight is 487 g/mol. The summed E-state index contributed by atoms with van der Waals surface area (Å²) in [6.07, 6.45) is 7.06. The molecule has 0 radical (unpaired) electrons. The standard InChI is InChI=1S/C27H42N4O4/c1-28-21-25(35-27(28)34)31-18-17-30(16-13-26(32)33)20-24(31)10-6-5-7-22-11-14-29(15-12-22)19-23-8-3-2-4-9-23/h2-4,8-9,22,24-25H,5-7,10-21H2,1H3,(H,32,33). The van der Waals surface area contributed by atoms with E-state index in [0.29, 0.717) is 19.1 Å². The Kier molecular flexibility index (Phi) is 9.40. The van der Waals surface area contributed by atoms with Crippen LogP contribution in [0.4, 0.5) is 4.79 Å². The number of amides is 1. The minimum absolute atomic E-state index is 0.177. The highest BCUT2D eigenvalue weighted by molar-refractivity contribution is 5.69. The topological polar surface area (TPSA) is 76.6 Å². The molecule has 3 fully saturated rings. The van der Waals surface area contributed by atoms with E-state index in [1.54, 1.807) is 11.9 Å². The van der Waals surface area contributed by atoms with Gasteiger partial charge in [0.25, 0.3) is 0 Å². The van der Waals surface area contributed by atoms with Crippen LogP contribution in [0.5, 0.6) is 0 Å². The molecule has 194 valence electrons. The third-order valence-corrected chi connectivity index (χ3v) is 7.96. The number of likely N-dealkylation sites (N-methyl/N-ethyl adjacent to an activating group) is 1. The number of carboxylic acid groups (broad SMARTS) is 1. The van der Waals surface area contributed by atoms with E-state index in [1.807, 2.05) is 0 Å². The number of ether oxygens (including phenoxy) is 1. The van der Waals surface area contributed by atoms with Crippen LogP contribution in [0.2, 0.25) is 0 Å². The Labute approximate surface area is 209 Å². The van der Waals surface area contributed by atoms with Crippen molar-refractivity contribution in [3.05, 3.63) is 35.9 Å². The van der Waals surface area contributed by atoms with Gasteiger partial charge in [-0.25, -0.2) is 4.79 Å². The number of carboxylic acids is 1. The zero-order valence-electron chi connectivity index (χ0n) is 21.2. The normalized spacial score (nSPS) is 25.2. The van der Waals surface area contributed by atoms with Gasteiger partial charge in [0, 0.05) is 45.8 Å². The predicted octanol–water partition coefficient (Wildman–Crippen LogP) is 3.33. The minimum Gasteiger partial charge on any atom is -0.481 e. The van der Waals surface area contributed by atoms with E-state index in [4.69, 9.17) is 9.84 Å². The lowest BCUT2D eigenvalue weighted by Crippen LogP contribution is -2.57. The van der Waals surface area contributed by atoms with Gasteiger partial charge in [-0.15, -0.1) is 0 Å². The molecular formula is C27H42N4O4. The molecular weight excluding hydrogens is 444 g/mol. The lowest BCUT2D eigenvalue weighted by atomic mass is 9.90. The molecule has 1 aromatic carbocycles. The van der Waals surface area contributed by atoms with Crippen LogP contribution in [0.25, 0.3) is 0 Å². The van der Waals surface area contributed by atoms with Crippen molar-refractivity contribution in [2.75, 3.05) is 52.9 Å². The Morgan fingerprint density at radius 3 is 2.43 bits per heavy atom. The number of nitrogens with zero attached hydrogens (tertiary/aromatic N) is 4. The molecule has 3 heterocycles. The zero-order chi connectivity index (χ0) is 24.6. The number of likely N-dealkylation sites (tertiary alicyclic amines) is 1. The molecule has 3 aliphatic rings. The van der Waals surface area contributed by atoms with Crippen molar-refractivity contribution in [3.8, 4) is 0 Å². The number of hydrogen-bond donors (Lipinski definition) is 1.